The van der Waals surface area contributed by atoms with Crippen molar-refractivity contribution in [3.8, 4) is 0 Å². The lowest BCUT2D eigenvalue weighted by Gasteiger charge is -2.45. The van der Waals surface area contributed by atoms with Crippen molar-refractivity contribution in [2.45, 2.75) is 25.9 Å². The number of thiophene rings is 1. The first-order valence-corrected chi connectivity index (χ1v) is 12.5. The Kier molecular flexibility index (Phi) is 5.68. The molecule has 2 saturated heterocycles. The van der Waals surface area contributed by atoms with Crippen molar-refractivity contribution in [1.82, 2.24) is 14.8 Å². The molecule has 5 nitrogen and oxygen atoms in total. The normalized spacial score (nSPS) is 18.1. The predicted octanol–water partition coefficient (Wildman–Crippen LogP) is 5.31. The largest absolute Gasteiger partial charge is 0.416 e. The molecule has 2 fully saturated rings. The van der Waals surface area contributed by atoms with E-state index >= 15 is 0 Å². The van der Waals surface area contributed by atoms with Crippen molar-refractivity contribution in [2.24, 2.45) is 11.8 Å². The number of alkyl halides is 3. The summed E-state index contributed by atoms with van der Waals surface area (Å²) in [6, 6.07) is 3.66. The summed E-state index contributed by atoms with van der Waals surface area (Å²) in [5.41, 5.74) is 0.0464. The van der Waals surface area contributed by atoms with Crippen molar-refractivity contribution in [1.29, 1.82) is 0 Å². The van der Waals surface area contributed by atoms with Gasteiger partial charge in [0.25, 0.3) is 11.8 Å². The maximum Gasteiger partial charge on any atom is 0.416 e. The molecule has 3 aromatic rings. The summed E-state index contributed by atoms with van der Waals surface area (Å²) in [4.78, 5) is 33.8. The van der Waals surface area contributed by atoms with Gasteiger partial charge in [0.15, 0.2) is 5.01 Å². The first kappa shape index (κ1) is 22.3. The van der Waals surface area contributed by atoms with Gasteiger partial charge >= 0.3 is 6.18 Å². The van der Waals surface area contributed by atoms with Gasteiger partial charge in [-0.15, -0.1) is 22.7 Å². The Balaban J connectivity index is 1.20. The summed E-state index contributed by atoms with van der Waals surface area (Å²) in [7, 11) is 0. The maximum atomic E-state index is 13.2. The van der Waals surface area contributed by atoms with Crippen LogP contribution in [0.1, 0.15) is 43.4 Å². The number of hydrogen-bond acceptors (Lipinski definition) is 5. The highest BCUT2D eigenvalue weighted by molar-refractivity contribution is 7.21. The Morgan fingerprint density at radius 2 is 1.79 bits per heavy atom. The fraction of sp³-hybridized carbons (Fsp3) is 0.435. The van der Waals surface area contributed by atoms with Crippen LogP contribution in [0.25, 0.3) is 10.1 Å². The average Bonchev–Trinajstić information content (AvgIpc) is 3.40. The summed E-state index contributed by atoms with van der Waals surface area (Å²) in [5, 5.41) is 3.02. The third kappa shape index (κ3) is 4.14. The zero-order valence-electron chi connectivity index (χ0n) is 17.9. The monoisotopic (exact) mass is 493 g/mol. The van der Waals surface area contributed by atoms with E-state index in [0.29, 0.717) is 44.9 Å². The van der Waals surface area contributed by atoms with E-state index in [1.807, 2.05) is 9.80 Å². The number of nitrogens with zero attached hydrogens (tertiary/aromatic N) is 3. The lowest BCUT2D eigenvalue weighted by atomic mass is 9.79. The van der Waals surface area contributed by atoms with Crippen molar-refractivity contribution >= 4 is 44.6 Å². The van der Waals surface area contributed by atoms with E-state index in [1.54, 1.807) is 18.5 Å². The molecule has 0 spiro atoms. The maximum absolute atomic E-state index is 13.2. The summed E-state index contributed by atoms with van der Waals surface area (Å²) in [6.45, 7) is 4.51. The number of carbonyl (C=O) groups excluding carboxylic acids is 2. The summed E-state index contributed by atoms with van der Waals surface area (Å²) in [6.07, 6.45) is -1.02. The van der Waals surface area contributed by atoms with Gasteiger partial charge in [0.2, 0.25) is 0 Å². The highest BCUT2D eigenvalue weighted by atomic mass is 32.1. The van der Waals surface area contributed by atoms with Gasteiger partial charge in [-0.3, -0.25) is 9.59 Å². The summed E-state index contributed by atoms with van der Waals surface area (Å²) < 4.78 is 39.6. The Hall–Kier alpha value is -2.46. The molecule has 0 saturated carbocycles. The first-order chi connectivity index (χ1) is 15.7. The highest BCUT2D eigenvalue weighted by Crippen LogP contribution is 2.38. The van der Waals surface area contributed by atoms with Crippen molar-refractivity contribution < 1.29 is 22.8 Å². The van der Waals surface area contributed by atoms with E-state index in [0.717, 1.165) is 55.0 Å². The second-order valence-corrected chi connectivity index (χ2v) is 10.6. The average molecular weight is 494 g/mol. The van der Waals surface area contributed by atoms with Gasteiger partial charge in [0, 0.05) is 42.5 Å². The molecule has 10 heteroatoms. The quantitative estimate of drug-likeness (QED) is 0.497. The molecule has 0 aliphatic carbocycles. The molecule has 0 atom stereocenters. The molecule has 4 heterocycles. The summed E-state index contributed by atoms with van der Waals surface area (Å²) in [5.74, 6) is 0.794. The number of likely N-dealkylation sites (tertiary alicyclic amines) is 2. The second-order valence-electron chi connectivity index (χ2n) is 8.70. The van der Waals surface area contributed by atoms with Crippen LogP contribution in [0.15, 0.2) is 29.8 Å². The number of carbonyl (C=O) groups is 2. The zero-order chi connectivity index (χ0) is 23.3. The van der Waals surface area contributed by atoms with Gasteiger partial charge in [-0.25, -0.2) is 4.98 Å². The van der Waals surface area contributed by atoms with E-state index in [4.69, 9.17) is 0 Å². The number of amides is 2. The lowest BCUT2D eigenvalue weighted by molar-refractivity contribution is -0.137. The van der Waals surface area contributed by atoms with Crippen LogP contribution in [0.3, 0.4) is 0 Å². The SMILES string of the molecule is Cc1c(C(=O)N2CCC(C3CN(C(=O)c4nccs4)C3)CC2)sc2cc(C(F)(F)F)ccc12. The van der Waals surface area contributed by atoms with Crippen molar-refractivity contribution in [3.63, 3.8) is 0 Å². The fourth-order valence-electron chi connectivity index (χ4n) is 4.76. The topological polar surface area (TPSA) is 53.5 Å². The Morgan fingerprint density at radius 1 is 1.06 bits per heavy atom. The number of benzene rings is 1. The number of piperidine rings is 1. The van der Waals surface area contributed by atoms with Gasteiger partial charge in [-0.1, -0.05) is 6.07 Å². The Morgan fingerprint density at radius 3 is 2.42 bits per heavy atom. The molecule has 174 valence electrons. The van der Waals surface area contributed by atoms with Crippen LogP contribution in [-0.2, 0) is 6.18 Å². The van der Waals surface area contributed by atoms with Crippen LogP contribution >= 0.6 is 22.7 Å². The van der Waals surface area contributed by atoms with Gasteiger partial charge in [-0.2, -0.15) is 13.2 Å². The molecule has 5 rings (SSSR count). The van der Waals surface area contributed by atoms with Gasteiger partial charge in [-0.05, 0) is 54.7 Å². The number of hydrogen-bond donors (Lipinski definition) is 0. The molecular formula is C23H22F3N3O2S2. The van der Waals surface area contributed by atoms with Crippen molar-refractivity contribution in [2.75, 3.05) is 26.2 Å². The van der Waals surface area contributed by atoms with Crippen LogP contribution < -0.4 is 0 Å². The predicted molar refractivity (Wildman–Crippen MR) is 122 cm³/mol. The van der Waals surface area contributed by atoms with E-state index in [2.05, 4.69) is 4.98 Å². The van der Waals surface area contributed by atoms with E-state index < -0.39 is 11.7 Å². The molecule has 0 N–H and O–H groups in total. The molecule has 2 aromatic heterocycles. The third-order valence-corrected chi connectivity index (χ3v) is 8.77. The molecule has 33 heavy (non-hydrogen) atoms. The Labute approximate surface area is 196 Å². The number of thiazole rings is 1. The van der Waals surface area contributed by atoms with Crippen LogP contribution in [0.5, 0.6) is 0 Å². The first-order valence-electron chi connectivity index (χ1n) is 10.8. The van der Waals surface area contributed by atoms with Crippen LogP contribution in [0, 0.1) is 18.8 Å². The standard InChI is InChI=1S/C23H22F3N3O2S2/c1-13-17-3-2-16(23(24,25)26)10-18(17)33-19(13)21(30)28-7-4-14(5-8-28)15-11-29(12-15)22(31)20-27-6-9-32-20/h2-3,6,9-10,14-15H,4-5,7-8,11-12H2,1H3. The van der Waals surface area contributed by atoms with Gasteiger partial charge < -0.3 is 9.80 Å². The van der Waals surface area contributed by atoms with Crippen LogP contribution in [0.2, 0.25) is 0 Å². The molecule has 2 aliphatic heterocycles. The molecule has 0 unspecified atom stereocenters. The number of rotatable bonds is 3. The number of aryl methyl sites for hydroxylation is 1. The van der Waals surface area contributed by atoms with E-state index in [-0.39, 0.29) is 11.8 Å². The highest BCUT2D eigenvalue weighted by Gasteiger charge is 2.39. The number of aromatic nitrogens is 1. The van der Waals surface area contributed by atoms with Crippen molar-refractivity contribution in [3.05, 3.63) is 50.8 Å². The van der Waals surface area contributed by atoms with E-state index in [1.165, 1.54) is 17.4 Å². The zero-order valence-corrected chi connectivity index (χ0v) is 19.5. The van der Waals surface area contributed by atoms with Crippen LogP contribution in [0.4, 0.5) is 13.2 Å². The molecule has 2 amide bonds. The minimum atomic E-state index is -4.40. The fourth-order valence-corrected chi connectivity index (χ4v) is 6.58. The smallest absolute Gasteiger partial charge is 0.338 e. The lowest BCUT2D eigenvalue weighted by Crippen LogP contribution is -2.54. The summed E-state index contributed by atoms with van der Waals surface area (Å²) >= 11 is 2.49. The van der Waals surface area contributed by atoms with Gasteiger partial charge in [0.1, 0.15) is 0 Å². The number of fused-ring (bicyclic) bond motifs is 1. The molecule has 2 aliphatic rings. The number of halogens is 3. The molecule has 0 bridgehead atoms. The van der Waals surface area contributed by atoms with Gasteiger partial charge in [0.05, 0.1) is 10.4 Å². The minimum absolute atomic E-state index is 0.0113. The molecule has 0 radical (unpaired) electrons. The second kappa shape index (κ2) is 8.39. The van der Waals surface area contributed by atoms with E-state index in [9.17, 15) is 22.8 Å². The Bertz CT molecular complexity index is 1190. The molecular weight excluding hydrogens is 471 g/mol. The third-order valence-electron chi connectivity index (χ3n) is 6.77. The minimum Gasteiger partial charge on any atom is -0.338 e. The molecule has 1 aromatic carbocycles. The van der Waals surface area contributed by atoms with Crippen LogP contribution in [-0.4, -0.2) is 52.8 Å².